The van der Waals surface area contributed by atoms with Crippen LogP contribution < -0.4 is 5.32 Å². The maximum Gasteiger partial charge on any atom is 0.230 e. The van der Waals surface area contributed by atoms with Crippen LogP contribution in [0.1, 0.15) is 5.56 Å². The average Bonchev–Trinajstić information content (AvgIpc) is 3.14. The van der Waals surface area contributed by atoms with Crippen LogP contribution in [0.5, 0.6) is 0 Å². The van der Waals surface area contributed by atoms with Gasteiger partial charge in [-0.1, -0.05) is 35.5 Å². The van der Waals surface area contributed by atoms with Crippen molar-refractivity contribution in [3.05, 3.63) is 65.7 Å². The molecule has 3 rings (SSSR count). The van der Waals surface area contributed by atoms with Crippen molar-refractivity contribution < 1.29 is 4.79 Å². The number of hydrogen-bond donors (Lipinski definition) is 1. The number of halogens is 1. The number of nitrogens with one attached hydrogen (secondary N) is 1. The second kappa shape index (κ2) is 7.94. The Hall–Kier alpha value is -2.38. The molecule has 122 valence electrons. The quantitative estimate of drug-likeness (QED) is 0.541. The van der Waals surface area contributed by atoms with Crippen molar-refractivity contribution in [3.63, 3.8) is 0 Å². The Kier molecular flexibility index (Phi) is 5.45. The summed E-state index contributed by atoms with van der Waals surface area (Å²) in [7, 11) is 0. The van der Waals surface area contributed by atoms with Gasteiger partial charge in [0, 0.05) is 30.0 Å². The molecular formula is C16H14ClN5OS. The molecule has 0 fully saturated rings. The molecule has 0 unspecified atom stereocenters. The summed E-state index contributed by atoms with van der Waals surface area (Å²) in [4.78, 5) is 20.3. The number of carbonyl (C=O) groups excluding carboxylic acids is 1. The zero-order valence-electron chi connectivity index (χ0n) is 12.6. The van der Waals surface area contributed by atoms with Gasteiger partial charge in [0.25, 0.3) is 0 Å². The molecule has 0 atom stereocenters. The van der Waals surface area contributed by atoms with Crippen LogP contribution in [0.4, 0.5) is 0 Å². The molecule has 1 aromatic carbocycles. The van der Waals surface area contributed by atoms with E-state index in [0.29, 0.717) is 17.4 Å². The fourth-order valence-corrected chi connectivity index (χ4v) is 2.75. The summed E-state index contributed by atoms with van der Waals surface area (Å²) in [6.07, 6.45) is 4.94. The van der Waals surface area contributed by atoms with Crippen LogP contribution in [0.25, 0.3) is 5.82 Å². The van der Waals surface area contributed by atoms with E-state index >= 15 is 0 Å². The Labute approximate surface area is 148 Å². The summed E-state index contributed by atoms with van der Waals surface area (Å²) in [5, 5.41) is 8.39. The van der Waals surface area contributed by atoms with Gasteiger partial charge in [-0.15, -0.1) is 0 Å². The first-order valence-electron chi connectivity index (χ1n) is 7.17. The smallest absolute Gasteiger partial charge is 0.230 e. The number of rotatable bonds is 6. The van der Waals surface area contributed by atoms with Crippen LogP contribution in [-0.2, 0) is 11.3 Å². The molecule has 1 amide bonds. The third-order valence-electron chi connectivity index (χ3n) is 3.12. The molecule has 0 aliphatic rings. The maximum atomic E-state index is 12.0. The first kappa shape index (κ1) is 16.5. The van der Waals surface area contributed by atoms with Crippen molar-refractivity contribution in [2.24, 2.45) is 0 Å². The number of amides is 1. The summed E-state index contributed by atoms with van der Waals surface area (Å²) in [6.45, 7) is 0.471. The predicted molar refractivity (Wildman–Crippen MR) is 93.2 cm³/mol. The zero-order valence-corrected chi connectivity index (χ0v) is 14.2. The van der Waals surface area contributed by atoms with Crippen molar-refractivity contribution in [3.8, 4) is 5.82 Å². The number of nitrogens with zero attached hydrogens (tertiary/aromatic N) is 4. The topological polar surface area (TPSA) is 72.7 Å². The molecule has 8 heteroatoms. The first-order valence-corrected chi connectivity index (χ1v) is 8.53. The SMILES string of the molecule is O=C(CSc1cc(-n2cccn2)ncn1)NCc1ccc(Cl)cc1. The summed E-state index contributed by atoms with van der Waals surface area (Å²) < 4.78 is 1.65. The third-order valence-corrected chi connectivity index (χ3v) is 4.30. The summed E-state index contributed by atoms with van der Waals surface area (Å²) in [5.41, 5.74) is 1.00. The van der Waals surface area contributed by atoms with E-state index in [4.69, 9.17) is 11.6 Å². The molecule has 0 saturated heterocycles. The zero-order chi connectivity index (χ0) is 16.8. The van der Waals surface area contributed by atoms with E-state index in [9.17, 15) is 4.79 Å². The second-order valence-corrected chi connectivity index (χ2v) is 6.29. The Morgan fingerprint density at radius 2 is 2.08 bits per heavy atom. The Bertz CT molecular complexity index is 808. The minimum absolute atomic E-state index is 0.0609. The van der Waals surface area contributed by atoms with Crippen LogP contribution in [0.15, 0.2) is 60.1 Å². The van der Waals surface area contributed by atoms with Gasteiger partial charge < -0.3 is 5.32 Å². The van der Waals surface area contributed by atoms with E-state index in [0.717, 1.165) is 10.6 Å². The molecule has 0 aliphatic heterocycles. The van der Waals surface area contributed by atoms with Crippen molar-refractivity contribution in [2.45, 2.75) is 11.6 Å². The molecule has 0 spiro atoms. The van der Waals surface area contributed by atoms with Gasteiger partial charge in [-0.05, 0) is 23.8 Å². The van der Waals surface area contributed by atoms with Crippen LogP contribution in [0.3, 0.4) is 0 Å². The lowest BCUT2D eigenvalue weighted by atomic mass is 10.2. The second-order valence-electron chi connectivity index (χ2n) is 4.86. The van der Waals surface area contributed by atoms with Gasteiger partial charge in [-0.3, -0.25) is 4.79 Å². The molecule has 24 heavy (non-hydrogen) atoms. The average molecular weight is 360 g/mol. The molecule has 0 saturated carbocycles. The van der Waals surface area contributed by atoms with Crippen LogP contribution in [0, 0.1) is 0 Å². The molecule has 0 aliphatic carbocycles. The van der Waals surface area contributed by atoms with Gasteiger partial charge in [-0.25, -0.2) is 14.6 Å². The van der Waals surface area contributed by atoms with Crippen molar-refractivity contribution in [2.75, 3.05) is 5.75 Å². The predicted octanol–water partition coefficient (Wildman–Crippen LogP) is 2.72. The van der Waals surface area contributed by atoms with Crippen LogP contribution in [0.2, 0.25) is 5.02 Å². The summed E-state index contributed by atoms with van der Waals surface area (Å²) in [5.74, 6) is 0.886. The van der Waals surface area contributed by atoms with E-state index in [1.807, 2.05) is 18.2 Å². The maximum absolute atomic E-state index is 12.0. The molecular weight excluding hydrogens is 346 g/mol. The fraction of sp³-hybridized carbons (Fsp3) is 0.125. The van der Waals surface area contributed by atoms with Gasteiger partial charge in [0.2, 0.25) is 5.91 Å². The minimum Gasteiger partial charge on any atom is -0.351 e. The lowest BCUT2D eigenvalue weighted by Crippen LogP contribution is -2.24. The van der Waals surface area contributed by atoms with Crippen molar-refractivity contribution in [1.29, 1.82) is 0 Å². The molecule has 2 heterocycles. The number of carbonyl (C=O) groups is 1. The van der Waals surface area contributed by atoms with Gasteiger partial charge in [-0.2, -0.15) is 5.10 Å². The molecule has 2 aromatic heterocycles. The normalized spacial score (nSPS) is 10.5. The van der Waals surface area contributed by atoms with E-state index in [1.54, 1.807) is 35.3 Å². The van der Waals surface area contributed by atoms with Gasteiger partial charge in [0.15, 0.2) is 5.82 Å². The Balaban J connectivity index is 1.51. The number of hydrogen-bond acceptors (Lipinski definition) is 5. The molecule has 1 N–H and O–H groups in total. The highest BCUT2D eigenvalue weighted by Gasteiger charge is 2.06. The Morgan fingerprint density at radius 1 is 1.25 bits per heavy atom. The lowest BCUT2D eigenvalue weighted by Gasteiger charge is -2.06. The molecule has 6 nitrogen and oxygen atoms in total. The van der Waals surface area contributed by atoms with E-state index in [-0.39, 0.29) is 11.7 Å². The van der Waals surface area contributed by atoms with E-state index < -0.39 is 0 Å². The monoisotopic (exact) mass is 359 g/mol. The number of benzene rings is 1. The first-order chi connectivity index (χ1) is 11.7. The third kappa shape index (κ3) is 4.56. The van der Waals surface area contributed by atoms with Crippen LogP contribution in [-0.4, -0.2) is 31.4 Å². The summed E-state index contributed by atoms with van der Waals surface area (Å²) >= 11 is 7.18. The Morgan fingerprint density at radius 3 is 2.83 bits per heavy atom. The highest BCUT2D eigenvalue weighted by molar-refractivity contribution is 7.99. The standard InChI is InChI=1S/C16H14ClN5OS/c17-13-4-2-12(3-5-13)9-18-15(23)10-24-16-8-14(19-11-20-16)22-7-1-6-21-22/h1-8,11H,9-10H2,(H,18,23). The van der Waals surface area contributed by atoms with Crippen molar-refractivity contribution in [1.82, 2.24) is 25.1 Å². The van der Waals surface area contributed by atoms with Crippen molar-refractivity contribution >= 4 is 29.3 Å². The van der Waals surface area contributed by atoms with Crippen LogP contribution >= 0.6 is 23.4 Å². The van der Waals surface area contributed by atoms with E-state index in [1.165, 1.54) is 18.1 Å². The fourth-order valence-electron chi connectivity index (χ4n) is 1.93. The minimum atomic E-state index is -0.0609. The molecule has 0 radical (unpaired) electrons. The van der Waals surface area contributed by atoms with Gasteiger partial charge in [0.05, 0.1) is 5.75 Å². The molecule has 0 bridgehead atoms. The molecule has 3 aromatic rings. The lowest BCUT2D eigenvalue weighted by molar-refractivity contribution is -0.118. The number of thioether (sulfide) groups is 1. The summed E-state index contributed by atoms with van der Waals surface area (Å²) in [6, 6.07) is 11.0. The van der Waals surface area contributed by atoms with E-state index in [2.05, 4.69) is 20.4 Å². The largest absolute Gasteiger partial charge is 0.351 e. The van der Waals surface area contributed by atoms with Gasteiger partial charge >= 0.3 is 0 Å². The number of aromatic nitrogens is 4. The van der Waals surface area contributed by atoms with Gasteiger partial charge in [0.1, 0.15) is 11.4 Å². The highest BCUT2D eigenvalue weighted by atomic mass is 35.5. The highest BCUT2D eigenvalue weighted by Crippen LogP contribution is 2.16.